The van der Waals surface area contributed by atoms with Crippen molar-refractivity contribution in [3.63, 3.8) is 0 Å². The van der Waals surface area contributed by atoms with Crippen molar-refractivity contribution in [3.8, 4) is 0 Å². The van der Waals surface area contributed by atoms with Crippen molar-refractivity contribution in [2.75, 3.05) is 10.6 Å². The zero-order chi connectivity index (χ0) is 18.7. The van der Waals surface area contributed by atoms with Gasteiger partial charge in [0.15, 0.2) is 0 Å². The number of hydrogen-bond donors (Lipinski definition) is 2. The van der Waals surface area contributed by atoms with Crippen LogP contribution in [0, 0.1) is 28.7 Å². The lowest BCUT2D eigenvalue weighted by Gasteiger charge is -2.10. The van der Waals surface area contributed by atoms with Crippen molar-refractivity contribution in [3.05, 3.63) is 70.2 Å². The number of pyridine rings is 1. The van der Waals surface area contributed by atoms with E-state index < -0.39 is 22.2 Å². The normalized spacial score (nSPS) is 10.4. The Morgan fingerprint density at radius 1 is 1.04 bits per heavy atom. The Balaban J connectivity index is 1.99. The highest BCUT2D eigenvalue weighted by Gasteiger charge is 2.24. The monoisotopic (exact) mass is 358 g/mol. The Hall–Kier alpha value is -3.69. The predicted molar refractivity (Wildman–Crippen MR) is 90.6 cm³/mol. The van der Waals surface area contributed by atoms with Gasteiger partial charge in [-0.1, -0.05) is 0 Å². The van der Waals surface area contributed by atoms with E-state index in [0.29, 0.717) is 11.9 Å². The number of rotatable bonds is 5. The van der Waals surface area contributed by atoms with Crippen LogP contribution in [-0.4, -0.2) is 19.9 Å². The van der Waals surface area contributed by atoms with Crippen molar-refractivity contribution in [1.29, 1.82) is 0 Å². The van der Waals surface area contributed by atoms with Crippen LogP contribution in [0.5, 0.6) is 0 Å². The minimum absolute atomic E-state index is 0.117. The molecule has 0 saturated carbocycles. The lowest BCUT2D eigenvalue weighted by atomic mass is 10.3. The Morgan fingerprint density at radius 2 is 1.77 bits per heavy atom. The zero-order valence-corrected chi connectivity index (χ0v) is 13.4. The van der Waals surface area contributed by atoms with Gasteiger partial charge in [-0.15, -0.1) is 0 Å². The first kappa shape index (κ1) is 17.1. The molecule has 132 valence electrons. The summed E-state index contributed by atoms with van der Waals surface area (Å²) in [4.78, 5) is 22.5. The smallest absolute Gasteiger partial charge is 0.332 e. The van der Waals surface area contributed by atoms with Crippen LogP contribution in [0.15, 0.2) is 42.9 Å². The summed E-state index contributed by atoms with van der Waals surface area (Å²) >= 11 is 0. The molecule has 0 aliphatic heterocycles. The summed E-state index contributed by atoms with van der Waals surface area (Å²) < 4.78 is 26.8. The number of aryl methyl sites for hydroxylation is 1. The Labute approximate surface area is 146 Å². The van der Waals surface area contributed by atoms with E-state index in [1.54, 1.807) is 12.1 Å². The second-order valence-corrected chi connectivity index (χ2v) is 5.27. The van der Waals surface area contributed by atoms with Gasteiger partial charge in [0.1, 0.15) is 23.8 Å². The molecule has 0 aliphatic rings. The molecule has 10 heteroatoms. The van der Waals surface area contributed by atoms with Gasteiger partial charge >= 0.3 is 5.69 Å². The molecule has 1 aromatic carbocycles. The van der Waals surface area contributed by atoms with Gasteiger partial charge in [0.2, 0.25) is 11.6 Å². The molecule has 2 aromatic heterocycles. The molecule has 0 atom stereocenters. The molecule has 2 N–H and O–H groups in total. The van der Waals surface area contributed by atoms with Gasteiger partial charge in [0, 0.05) is 12.3 Å². The Morgan fingerprint density at radius 3 is 2.42 bits per heavy atom. The number of nitrogens with zero attached hydrogens (tertiary/aromatic N) is 4. The van der Waals surface area contributed by atoms with Crippen molar-refractivity contribution < 1.29 is 13.7 Å². The summed E-state index contributed by atoms with van der Waals surface area (Å²) in [5.41, 5.74) is 0.235. The van der Waals surface area contributed by atoms with Crippen LogP contribution in [0.2, 0.25) is 0 Å². The molecular weight excluding hydrogens is 346 g/mol. The van der Waals surface area contributed by atoms with Crippen LogP contribution in [0.25, 0.3) is 0 Å². The average molecular weight is 358 g/mol. The van der Waals surface area contributed by atoms with E-state index in [9.17, 15) is 18.9 Å². The van der Waals surface area contributed by atoms with Gasteiger partial charge in [-0.05, 0) is 36.8 Å². The molecule has 3 aromatic rings. The third kappa shape index (κ3) is 3.69. The Kier molecular flexibility index (Phi) is 4.65. The predicted octanol–water partition coefficient (Wildman–Crippen LogP) is 3.85. The summed E-state index contributed by atoms with van der Waals surface area (Å²) in [6, 6.07) is 6.24. The summed E-state index contributed by atoms with van der Waals surface area (Å²) in [5.74, 6) is -1.68. The summed E-state index contributed by atoms with van der Waals surface area (Å²) in [6.45, 7) is 1.84. The molecule has 26 heavy (non-hydrogen) atoms. The first-order valence-electron chi connectivity index (χ1n) is 7.35. The summed E-state index contributed by atoms with van der Waals surface area (Å²) in [7, 11) is 0. The lowest BCUT2D eigenvalue weighted by molar-refractivity contribution is -0.383. The van der Waals surface area contributed by atoms with Crippen LogP contribution in [0.3, 0.4) is 0 Å². The van der Waals surface area contributed by atoms with E-state index in [2.05, 4.69) is 25.6 Å². The van der Waals surface area contributed by atoms with Gasteiger partial charge in [0.25, 0.3) is 0 Å². The fourth-order valence-electron chi connectivity index (χ4n) is 2.18. The molecule has 0 amide bonds. The zero-order valence-electron chi connectivity index (χ0n) is 13.4. The highest BCUT2D eigenvalue weighted by molar-refractivity contribution is 5.76. The topological polar surface area (TPSA) is 106 Å². The molecule has 0 bridgehead atoms. The van der Waals surface area contributed by atoms with Gasteiger partial charge in [-0.25, -0.2) is 23.7 Å². The molecule has 0 fully saturated rings. The van der Waals surface area contributed by atoms with Crippen molar-refractivity contribution in [2.45, 2.75) is 6.92 Å². The van der Waals surface area contributed by atoms with Gasteiger partial charge in [-0.2, -0.15) is 0 Å². The van der Waals surface area contributed by atoms with Gasteiger partial charge in [-0.3, -0.25) is 10.1 Å². The maximum Gasteiger partial charge on any atom is 0.353 e. The van der Waals surface area contributed by atoms with E-state index in [0.717, 1.165) is 24.0 Å². The summed E-state index contributed by atoms with van der Waals surface area (Å²) in [6.07, 6.45) is 2.62. The van der Waals surface area contributed by atoms with Crippen LogP contribution >= 0.6 is 0 Å². The van der Waals surface area contributed by atoms with Crippen molar-refractivity contribution in [2.24, 2.45) is 0 Å². The number of halogens is 2. The first-order valence-corrected chi connectivity index (χ1v) is 7.35. The van der Waals surface area contributed by atoms with E-state index >= 15 is 0 Å². The highest BCUT2D eigenvalue weighted by atomic mass is 19.1. The fourth-order valence-corrected chi connectivity index (χ4v) is 2.18. The molecule has 0 spiro atoms. The third-order valence-corrected chi connectivity index (χ3v) is 3.35. The molecule has 0 saturated heterocycles. The van der Waals surface area contributed by atoms with E-state index in [1.165, 1.54) is 6.20 Å². The fraction of sp³-hybridized carbons (Fsp3) is 0.0625. The quantitative estimate of drug-likeness (QED) is 0.527. The molecule has 0 aliphatic carbocycles. The number of hydrogen-bond acceptors (Lipinski definition) is 7. The largest absolute Gasteiger partial charge is 0.353 e. The van der Waals surface area contributed by atoms with Crippen LogP contribution < -0.4 is 10.6 Å². The number of nitro groups is 1. The average Bonchev–Trinajstić information content (AvgIpc) is 2.57. The van der Waals surface area contributed by atoms with Crippen LogP contribution in [0.1, 0.15) is 5.56 Å². The minimum Gasteiger partial charge on any atom is -0.332 e. The minimum atomic E-state index is -0.909. The molecule has 2 heterocycles. The lowest BCUT2D eigenvalue weighted by Crippen LogP contribution is -2.07. The van der Waals surface area contributed by atoms with Gasteiger partial charge in [0.05, 0.1) is 10.6 Å². The van der Waals surface area contributed by atoms with Crippen LogP contribution in [0.4, 0.5) is 37.6 Å². The molecular formula is C16H12F2N6O2. The third-order valence-electron chi connectivity index (χ3n) is 3.35. The van der Waals surface area contributed by atoms with E-state index in [-0.39, 0.29) is 17.3 Å². The summed E-state index contributed by atoms with van der Waals surface area (Å²) in [5, 5.41) is 16.7. The molecule has 8 nitrogen and oxygen atoms in total. The number of nitrogens with one attached hydrogen (secondary N) is 2. The first-order chi connectivity index (χ1) is 12.4. The Bertz CT molecular complexity index is 983. The van der Waals surface area contributed by atoms with E-state index in [1.807, 2.05) is 6.92 Å². The highest BCUT2D eigenvalue weighted by Crippen LogP contribution is 2.33. The SMILES string of the molecule is Cc1ccnc(Nc2ncnc(Nc3ccc(F)cc3F)c2[N+](=O)[O-])c1. The second-order valence-electron chi connectivity index (χ2n) is 5.27. The maximum atomic E-state index is 13.8. The second kappa shape index (κ2) is 7.05. The van der Waals surface area contributed by atoms with Gasteiger partial charge < -0.3 is 10.6 Å². The maximum absolute atomic E-state index is 13.8. The molecule has 0 unspecified atom stereocenters. The van der Waals surface area contributed by atoms with Crippen LogP contribution in [-0.2, 0) is 0 Å². The number of benzene rings is 1. The molecule has 3 rings (SSSR count). The van der Waals surface area contributed by atoms with Crippen molar-refractivity contribution >= 4 is 28.8 Å². The van der Waals surface area contributed by atoms with E-state index in [4.69, 9.17) is 0 Å². The number of aromatic nitrogens is 3. The number of anilines is 4. The molecule has 0 radical (unpaired) electrons. The standard InChI is InChI=1S/C16H12F2N6O2/c1-9-4-5-19-13(6-9)23-16-14(24(25)26)15(20-8-21-16)22-12-3-2-10(17)7-11(12)18/h2-8H,1H3,(H2,19,20,21,22,23). The van der Waals surface area contributed by atoms with Crippen molar-refractivity contribution in [1.82, 2.24) is 15.0 Å².